The first-order chi connectivity index (χ1) is 14.8. The second-order valence-corrected chi connectivity index (χ2v) is 7.43. The number of benzene rings is 2. The number of hydrogen-bond donors (Lipinski definition) is 1. The fourth-order valence-corrected chi connectivity index (χ4v) is 3.74. The molecular formula is C22H20FN3O5. The number of anilines is 3. The van der Waals surface area contributed by atoms with Gasteiger partial charge in [0.2, 0.25) is 11.8 Å². The highest BCUT2D eigenvalue weighted by molar-refractivity contribution is 6.11. The number of nitrogens with one attached hydrogen (secondary N) is 1. The van der Waals surface area contributed by atoms with Crippen LogP contribution in [0.4, 0.5) is 21.5 Å². The molecule has 0 spiro atoms. The molecule has 1 N–H and O–H groups in total. The predicted molar refractivity (Wildman–Crippen MR) is 110 cm³/mol. The SMILES string of the molecule is C[C@@H](OC(=O)[C@@H]1CC(=O)N(c2ccccc2F)C1)C(=O)N1CC(=O)Nc2ccccc21. The van der Waals surface area contributed by atoms with Crippen LogP contribution in [-0.2, 0) is 23.9 Å². The Morgan fingerprint density at radius 3 is 2.52 bits per heavy atom. The Morgan fingerprint density at radius 2 is 1.77 bits per heavy atom. The molecule has 2 heterocycles. The first-order valence-corrected chi connectivity index (χ1v) is 9.81. The average Bonchev–Trinajstić information content (AvgIpc) is 3.14. The smallest absolute Gasteiger partial charge is 0.312 e. The van der Waals surface area contributed by atoms with Crippen molar-refractivity contribution >= 4 is 40.8 Å². The van der Waals surface area contributed by atoms with E-state index in [9.17, 15) is 23.6 Å². The summed E-state index contributed by atoms with van der Waals surface area (Å²) in [6.07, 6.45) is -1.30. The standard InChI is InChI=1S/C22H20FN3O5/c1-13(21(29)26-12-19(27)24-16-7-3-5-9-18(16)26)31-22(30)14-10-20(28)25(11-14)17-8-4-2-6-15(17)23/h2-9,13-14H,10-12H2,1H3,(H,24,27)/t13-,14-/m1/s1. The maximum atomic E-state index is 14.0. The summed E-state index contributed by atoms with van der Waals surface area (Å²) >= 11 is 0. The Balaban J connectivity index is 1.43. The fraction of sp³-hybridized carbons (Fsp3) is 0.273. The number of ether oxygens (including phenoxy) is 1. The molecule has 1 saturated heterocycles. The molecule has 0 aliphatic carbocycles. The van der Waals surface area contributed by atoms with Gasteiger partial charge < -0.3 is 15.0 Å². The third-order valence-corrected chi connectivity index (χ3v) is 5.28. The fourth-order valence-electron chi connectivity index (χ4n) is 3.74. The monoisotopic (exact) mass is 425 g/mol. The molecule has 0 radical (unpaired) electrons. The molecule has 0 aromatic heterocycles. The summed E-state index contributed by atoms with van der Waals surface area (Å²) in [5.74, 6) is -3.40. The van der Waals surface area contributed by atoms with E-state index in [0.29, 0.717) is 11.4 Å². The van der Waals surface area contributed by atoms with Crippen molar-refractivity contribution in [2.45, 2.75) is 19.4 Å². The molecule has 1 fully saturated rings. The number of nitrogens with zero attached hydrogens (tertiary/aromatic N) is 2. The largest absolute Gasteiger partial charge is 0.452 e. The molecule has 2 aromatic carbocycles. The van der Waals surface area contributed by atoms with Crippen molar-refractivity contribution in [3.8, 4) is 0 Å². The summed E-state index contributed by atoms with van der Waals surface area (Å²) in [5.41, 5.74) is 1.10. The number of hydrogen-bond acceptors (Lipinski definition) is 5. The van der Waals surface area contributed by atoms with Gasteiger partial charge >= 0.3 is 5.97 Å². The van der Waals surface area contributed by atoms with Gasteiger partial charge in [0.25, 0.3) is 5.91 Å². The molecule has 0 unspecified atom stereocenters. The number of carbonyl (C=O) groups excluding carboxylic acids is 4. The Labute approximate surface area is 177 Å². The topological polar surface area (TPSA) is 96.0 Å². The molecule has 0 saturated carbocycles. The van der Waals surface area contributed by atoms with Crippen LogP contribution in [0, 0.1) is 11.7 Å². The summed E-state index contributed by atoms with van der Waals surface area (Å²) in [6, 6.07) is 12.6. The first kappa shape index (κ1) is 20.5. The molecule has 8 nitrogen and oxygen atoms in total. The number of rotatable bonds is 4. The predicted octanol–water partition coefficient (Wildman–Crippen LogP) is 2.10. The highest BCUT2D eigenvalue weighted by Crippen LogP contribution is 2.31. The minimum atomic E-state index is -1.16. The highest BCUT2D eigenvalue weighted by atomic mass is 19.1. The third kappa shape index (κ3) is 3.98. The van der Waals surface area contributed by atoms with Crippen LogP contribution in [0.1, 0.15) is 13.3 Å². The Hall–Kier alpha value is -3.75. The van der Waals surface area contributed by atoms with Gasteiger partial charge in [-0.05, 0) is 31.2 Å². The van der Waals surface area contributed by atoms with E-state index in [1.54, 1.807) is 30.3 Å². The Kier molecular flexibility index (Phi) is 5.41. The second-order valence-electron chi connectivity index (χ2n) is 7.43. The van der Waals surface area contributed by atoms with Crippen molar-refractivity contribution in [1.29, 1.82) is 0 Å². The zero-order valence-corrected chi connectivity index (χ0v) is 16.7. The van der Waals surface area contributed by atoms with Gasteiger partial charge in [0.05, 0.1) is 23.0 Å². The quantitative estimate of drug-likeness (QED) is 0.757. The molecule has 2 aliphatic rings. The lowest BCUT2D eigenvalue weighted by Gasteiger charge is -2.31. The van der Waals surface area contributed by atoms with Gasteiger partial charge in [-0.1, -0.05) is 24.3 Å². The van der Waals surface area contributed by atoms with Crippen molar-refractivity contribution in [1.82, 2.24) is 0 Å². The maximum Gasteiger partial charge on any atom is 0.312 e. The maximum absolute atomic E-state index is 14.0. The summed E-state index contributed by atoms with van der Waals surface area (Å²) in [4.78, 5) is 52.2. The molecule has 9 heteroatoms. The van der Waals surface area contributed by atoms with Crippen molar-refractivity contribution in [3.63, 3.8) is 0 Å². The highest BCUT2D eigenvalue weighted by Gasteiger charge is 2.39. The molecule has 2 aromatic rings. The van der Waals surface area contributed by atoms with Crippen LogP contribution in [0.15, 0.2) is 48.5 Å². The first-order valence-electron chi connectivity index (χ1n) is 9.81. The van der Waals surface area contributed by atoms with Crippen LogP contribution in [0.5, 0.6) is 0 Å². The Bertz CT molecular complexity index is 1070. The summed E-state index contributed by atoms with van der Waals surface area (Å²) < 4.78 is 19.4. The van der Waals surface area contributed by atoms with Crippen LogP contribution in [0.25, 0.3) is 0 Å². The minimum absolute atomic E-state index is 0.0333. The van der Waals surface area contributed by atoms with Gasteiger partial charge in [-0.25, -0.2) is 4.39 Å². The molecule has 2 aliphatic heterocycles. The molecule has 2 atom stereocenters. The van der Waals surface area contributed by atoms with E-state index in [-0.39, 0.29) is 31.1 Å². The van der Waals surface area contributed by atoms with E-state index >= 15 is 0 Å². The van der Waals surface area contributed by atoms with Gasteiger partial charge in [-0.3, -0.25) is 24.1 Å². The van der Waals surface area contributed by atoms with E-state index in [1.807, 2.05) is 0 Å². The van der Waals surface area contributed by atoms with Crippen molar-refractivity contribution < 1.29 is 28.3 Å². The van der Waals surface area contributed by atoms with Gasteiger partial charge in [0, 0.05) is 13.0 Å². The van der Waals surface area contributed by atoms with Gasteiger partial charge in [0.1, 0.15) is 12.4 Å². The molecule has 0 bridgehead atoms. The van der Waals surface area contributed by atoms with Crippen LogP contribution < -0.4 is 15.1 Å². The van der Waals surface area contributed by atoms with Gasteiger partial charge in [-0.15, -0.1) is 0 Å². The van der Waals surface area contributed by atoms with Crippen LogP contribution in [0.2, 0.25) is 0 Å². The molecular weight excluding hydrogens is 405 g/mol. The summed E-state index contributed by atoms with van der Waals surface area (Å²) in [7, 11) is 0. The zero-order chi connectivity index (χ0) is 22.1. The number of esters is 1. The Morgan fingerprint density at radius 1 is 1.10 bits per heavy atom. The number of carbonyl (C=O) groups is 4. The van der Waals surface area contributed by atoms with Crippen LogP contribution >= 0.6 is 0 Å². The van der Waals surface area contributed by atoms with Crippen molar-refractivity contribution in [2.24, 2.45) is 5.92 Å². The third-order valence-electron chi connectivity index (χ3n) is 5.28. The van der Waals surface area contributed by atoms with Crippen LogP contribution in [-0.4, -0.2) is 42.9 Å². The van der Waals surface area contributed by atoms with Gasteiger partial charge in [-0.2, -0.15) is 0 Å². The lowest BCUT2D eigenvalue weighted by atomic mass is 10.1. The van der Waals surface area contributed by atoms with E-state index < -0.39 is 35.6 Å². The van der Waals surface area contributed by atoms with E-state index in [2.05, 4.69) is 5.32 Å². The molecule has 3 amide bonds. The number of fused-ring (bicyclic) bond motifs is 1. The number of amides is 3. The lowest BCUT2D eigenvalue weighted by Crippen LogP contribution is -2.47. The van der Waals surface area contributed by atoms with E-state index in [4.69, 9.17) is 4.74 Å². The minimum Gasteiger partial charge on any atom is -0.452 e. The zero-order valence-electron chi connectivity index (χ0n) is 16.7. The van der Waals surface area contributed by atoms with E-state index in [0.717, 1.165) is 0 Å². The average molecular weight is 425 g/mol. The van der Waals surface area contributed by atoms with Crippen LogP contribution in [0.3, 0.4) is 0 Å². The summed E-state index contributed by atoms with van der Waals surface area (Å²) in [5, 5.41) is 2.68. The normalized spacial score (nSPS) is 19.0. The number of halogens is 1. The molecule has 160 valence electrons. The molecule has 4 rings (SSSR count). The van der Waals surface area contributed by atoms with Crippen molar-refractivity contribution in [2.75, 3.05) is 28.2 Å². The second kappa shape index (κ2) is 8.17. The van der Waals surface area contributed by atoms with Crippen molar-refractivity contribution in [3.05, 3.63) is 54.3 Å². The van der Waals surface area contributed by atoms with Gasteiger partial charge in [0.15, 0.2) is 6.10 Å². The van der Waals surface area contributed by atoms with E-state index in [1.165, 1.54) is 34.9 Å². The summed E-state index contributed by atoms with van der Waals surface area (Å²) in [6.45, 7) is 1.19. The lowest BCUT2D eigenvalue weighted by molar-refractivity contribution is -0.157. The number of para-hydroxylation sites is 3. The molecule has 31 heavy (non-hydrogen) atoms.